The lowest BCUT2D eigenvalue weighted by Gasteiger charge is -2.19. The molecule has 0 saturated heterocycles. The van der Waals surface area contributed by atoms with Crippen molar-refractivity contribution in [1.29, 1.82) is 0 Å². The van der Waals surface area contributed by atoms with Gasteiger partial charge in [0.1, 0.15) is 46.9 Å². The summed E-state index contributed by atoms with van der Waals surface area (Å²) in [6.45, 7) is 3.62. The lowest BCUT2D eigenvalue weighted by Crippen LogP contribution is -2.23. The molecular weight excluding hydrogens is 587 g/mol. The quantitative estimate of drug-likeness (QED) is 0.0960. The molecule has 0 atom stereocenters. The summed E-state index contributed by atoms with van der Waals surface area (Å²) in [5.41, 5.74) is -2.88. The van der Waals surface area contributed by atoms with E-state index in [1.165, 1.54) is 18.2 Å². The molecule has 2 nitrogen and oxygen atoms in total. The van der Waals surface area contributed by atoms with Crippen LogP contribution in [0.2, 0.25) is 0 Å². The summed E-state index contributed by atoms with van der Waals surface area (Å²) in [5.74, 6) is -2.07. The summed E-state index contributed by atoms with van der Waals surface area (Å²) in [4.78, 5) is 0. The topological polar surface area (TPSA) is 18.5 Å². The van der Waals surface area contributed by atoms with E-state index < -0.39 is 69.3 Å². The predicted octanol–water partition coefficient (Wildman–Crippen LogP) is 8.15. The molecule has 4 aromatic carbocycles. The zero-order valence-corrected chi connectivity index (χ0v) is 21.5. The van der Waals surface area contributed by atoms with E-state index >= 15 is 0 Å². The number of rotatable bonds is 6. The van der Waals surface area contributed by atoms with Gasteiger partial charge in [0.05, 0.1) is 11.1 Å². The second kappa shape index (κ2) is 12.7. The summed E-state index contributed by atoms with van der Waals surface area (Å²) in [6.07, 6.45) is -2.95. The van der Waals surface area contributed by atoms with Gasteiger partial charge in [0, 0.05) is 29.3 Å². The Hall–Kier alpha value is -5.29. The largest absolute Gasteiger partial charge is 0.489 e. The SMILES string of the molecule is C=CCOc1ccc(C#Cc2ccc(C(F)(F)Oc3cc(F)c(C#Cc4cc(F)c(F)c(F)c4)c(F)c3)c(F)c2)c(F)c1. The molecule has 0 spiro atoms. The number of benzene rings is 4. The van der Waals surface area contributed by atoms with Gasteiger partial charge in [-0.05, 0) is 42.5 Å². The van der Waals surface area contributed by atoms with Crippen molar-refractivity contribution in [3.8, 4) is 35.2 Å². The number of alkyl halides is 2. The van der Waals surface area contributed by atoms with E-state index in [1.54, 1.807) is 0 Å². The van der Waals surface area contributed by atoms with Gasteiger partial charge in [0.25, 0.3) is 0 Å². The van der Waals surface area contributed by atoms with E-state index in [-0.39, 0.29) is 23.5 Å². The van der Waals surface area contributed by atoms with Crippen LogP contribution in [0.3, 0.4) is 0 Å². The molecule has 43 heavy (non-hydrogen) atoms. The van der Waals surface area contributed by atoms with Crippen LogP contribution in [-0.4, -0.2) is 6.61 Å². The van der Waals surface area contributed by atoms with Crippen molar-refractivity contribution in [3.63, 3.8) is 0 Å². The molecule has 0 radical (unpaired) electrons. The van der Waals surface area contributed by atoms with Gasteiger partial charge >= 0.3 is 6.11 Å². The second-order valence-electron chi connectivity index (χ2n) is 8.57. The van der Waals surface area contributed by atoms with E-state index in [2.05, 4.69) is 23.2 Å². The third-order valence-electron chi connectivity index (χ3n) is 5.51. The minimum absolute atomic E-state index is 0.0710. The minimum Gasteiger partial charge on any atom is -0.489 e. The van der Waals surface area contributed by atoms with Crippen LogP contribution >= 0.6 is 0 Å². The van der Waals surface area contributed by atoms with Gasteiger partial charge in [0.15, 0.2) is 17.5 Å². The van der Waals surface area contributed by atoms with Gasteiger partial charge in [-0.3, -0.25) is 0 Å². The van der Waals surface area contributed by atoms with Gasteiger partial charge in [0.2, 0.25) is 0 Å². The van der Waals surface area contributed by atoms with Crippen LogP contribution in [0.5, 0.6) is 11.5 Å². The molecule has 0 aliphatic rings. The van der Waals surface area contributed by atoms with Crippen LogP contribution in [0.1, 0.15) is 27.8 Å². The first-order valence-corrected chi connectivity index (χ1v) is 12.0. The molecule has 0 fully saturated rings. The molecular formula is C32H15F9O2. The average molecular weight is 602 g/mol. The second-order valence-corrected chi connectivity index (χ2v) is 8.57. The van der Waals surface area contributed by atoms with Crippen molar-refractivity contribution in [1.82, 2.24) is 0 Å². The summed E-state index contributed by atoms with van der Waals surface area (Å²) in [6, 6.07) is 7.76. The fourth-order valence-electron chi connectivity index (χ4n) is 3.50. The van der Waals surface area contributed by atoms with Gasteiger partial charge in [-0.25, -0.2) is 30.7 Å². The smallest absolute Gasteiger partial charge is 0.429 e. The fourth-order valence-corrected chi connectivity index (χ4v) is 3.50. The Kier molecular flexibility index (Phi) is 9.06. The maximum Gasteiger partial charge on any atom is 0.429 e. The van der Waals surface area contributed by atoms with Gasteiger partial charge in [-0.1, -0.05) is 36.3 Å². The molecule has 0 aromatic heterocycles. The Labute approximate surface area is 239 Å². The van der Waals surface area contributed by atoms with Crippen LogP contribution < -0.4 is 9.47 Å². The molecule has 0 aliphatic heterocycles. The highest BCUT2D eigenvalue weighted by Crippen LogP contribution is 2.34. The van der Waals surface area contributed by atoms with E-state index in [4.69, 9.17) is 4.74 Å². The first kappa shape index (κ1) is 30.7. The van der Waals surface area contributed by atoms with Crippen molar-refractivity contribution < 1.29 is 49.0 Å². The molecule has 0 aliphatic carbocycles. The maximum absolute atomic E-state index is 14.8. The standard InChI is InChI=1S/C32H15F9O2/c1-2-11-42-21-8-7-20(25(33)15-21)6-3-18-5-10-24(28(36)12-18)32(40,41)43-22-16-26(34)23(27(35)17-22)9-4-19-13-29(37)31(39)30(38)14-19/h2,5,7-8,10,12-17H,1,11H2. The van der Waals surface area contributed by atoms with Gasteiger partial charge in [-0.15, -0.1) is 0 Å². The Balaban J connectivity index is 1.52. The molecule has 0 bridgehead atoms. The third-order valence-corrected chi connectivity index (χ3v) is 5.51. The Morgan fingerprint density at radius 2 is 1.23 bits per heavy atom. The fraction of sp³-hybridized carbons (Fsp3) is 0.0625. The van der Waals surface area contributed by atoms with Crippen LogP contribution in [0.25, 0.3) is 0 Å². The number of hydrogen-bond acceptors (Lipinski definition) is 2. The highest BCUT2D eigenvalue weighted by molar-refractivity contribution is 5.48. The van der Waals surface area contributed by atoms with Crippen molar-refractivity contribution in [2.75, 3.05) is 6.61 Å². The van der Waals surface area contributed by atoms with E-state index in [0.717, 1.165) is 12.1 Å². The van der Waals surface area contributed by atoms with Crippen molar-refractivity contribution >= 4 is 0 Å². The summed E-state index contributed by atoms with van der Waals surface area (Å²) in [5, 5.41) is 0. The van der Waals surface area contributed by atoms with E-state index in [1.807, 2.05) is 11.8 Å². The van der Waals surface area contributed by atoms with Crippen LogP contribution in [-0.2, 0) is 6.11 Å². The van der Waals surface area contributed by atoms with Crippen LogP contribution in [0, 0.1) is 64.4 Å². The average Bonchev–Trinajstić information content (AvgIpc) is 2.93. The summed E-state index contributed by atoms with van der Waals surface area (Å²) >= 11 is 0. The third kappa shape index (κ3) is 7.32. The van der Waals surface area contributed by atoms with E-state index in [0.29, 0.717) is 36.4 Å². The van der Waals surface area contributed by atoms with Gasteiger partial charge in [-0.2, -0.15) is 8.78 Å². The first-order valence-electron chi connectivity index (χ1n) is 12.0. The molecule has 0 amide bonds. The molecule has 0 unspecified atom stereocenters. The molecule has 11 heteroatoms. The predicted molar refractivity (Wildman–Crippen MR) is 138 cm³/mol. The summed E-state index contributed by atoms with van der Waals surface area (Å²) in [7, 11) is 0. The molecule has 0 N–H and O–H groups in total. The number of halogens is 9. The Bertz CT molecular complexity index is 1800. The Morgan fingerprint density at radius 1 is 0.628 bits per heavy atom. The maximum atomic E-state index is 14.8. The highest BCUT2D eigenvalue weighted by atomic mass is 19.3. The lowest BCUT2D eigenvalue weighted by molar-refractivity contribution is -0.187. The van der Waals surface area contributed by atoms with Crippen molar-refractivity contribution in [2.45, 2.75) is 6.11 Å². The molecule has 4 rings (SSSR count). The highest BCUT2D eigenvalue weighted by Gasteiger charge is 2.38. The zero-order chi connectivity index (χ0) is 31.3. The molecule has 0 heterocycles. The number of ether oxygens (including phenoxy) is 2. The summed E-state index contributed by atoms with van der Waals surface area (Å²) < 4.78 is 137. The monoisotopic (exact) mass is 602 g/mol. The first-order chi connectivity index (χ1) is 20.4. The molecule has 4 aromatic rings. The van der Waals surface area contributed by atoms with Crippen LogP contribution in [0.4, 0.5) is 39.5 Å². The lowest BCUT2D eigenvalue weighted by atomic mass is 10.1. The normalized spacial score (nSPS) is 10.7. The van der Waals surface area contributed by atoms with Crippen molar-refractivity contribution in [2.24, 2.45) is 0 Å². The zero-order valence-electron chi connectivity index (χ0n) is 21.5. The van der Waals surface area contributed by atoms with Crippen molar-refractivity contribution in [3.05, 3.63) is 142 Å². The van der Waals surface area contributed by atoms with Gasteiger partial charge < -0.3 is 9.47 Å². The number of hydrogen-bond donors (Lipinski definition) is 0. The van der Waals surface area contributed by atoms with E-state index in [9.17, 15) is 39.5 Å². The minimum atomic E-state index is -4.42. The Morgan fingerprint density at radius 3 is 1.84 bits per heavy atom. The molecule has 218 valence electrons. The molecule has 0 saturated carbocycles. The van der Waals surface area contributed by atoms with Crippen LogP contribution in [0.15, 0.2) is 73.3 Å².